The summed E-state index contributed by atoms with van der Waals surface area (Å²) in [5.74, 6) is -0.0528. The number of imidazole rings is 1. The molecular weight excluding hydrogens is 416 g/mol. The number of nitriles is 1. The fourth-order valence-corrected chi connectivity index (χ4v) is 5.39. The van der Waals surface area contributed by atoms with Crippen LogP contribution in [-0.2, 0) is 16.1 Å². The largest absolute Gasteiger partial charge is 0.383 e. The maximum atomic E-state index is 13.0. The second-order valence-electron chi connectivity index (χ2n) is 6.66. The van der Waals surface area contributed by atoms with Gasteiger partial charge in [-0.1, -0.05) is 47.8 Å². The molecule has 0 radical (unpaired) electrons. The molecule has 0 saturated carbocycles. The van der Waals surface area contributed by atoms with Crippen molar-refractivity contribution in [1.29, 1.82) is 5.26 Å². The second-order valence-corrected chi connectivity index (χ2v) is 8.63. The fourth-order valence-electron chi connectivity index (χ4n) is 3.32. The number of ketones is 1. The Bertz CT molecular complexity index is 1180. The molecule has 6 nitrogen and oxygen atoms in total. The number of benzene rings is 2. The molecule has 4 rings (SSSR count). The third-order valence-electron chi connectivity index (χ3n) is 4.81. The van der Waals surface area contributed by atoms with Crippen LogP contribution >= 0.6 is 23.5 Å². The number of carbonyl (C=O) groups excluding carboxylic acids is 1. The maximum Gasteiger partial charge on any atom is 0.186 e. The molecule has 8 heteroatoms. The molecule has 152 valence electrons. The third kappa shape index (κ3) is 3.84. The number of allylic oxidation sites excluding steroid dienone is 1. The number of Topliss-reactive ketones (excluding diaryl/α,β-unsaturated/α-hetero) is 1. The molecule has 3 aromatic rings. The van der Waals surface area contributed by atoms with Crippen molar-refractivity contribution in [2.45, 2.75) is 16.6 Å². The highest BCUT2D eigenvalue weighted by Crippen LogP contribution is 2.46. The molecule has 0 bridgehead atoms. The van der Waals surface area contributed by atoms with Gasteiger partial charge in [0, 0.05) is 25.6 Å². The van der Waals surface area contributed by atoms with E-state index in [0.717, 1.165) is 26.8 Å². The molecule has 0 unspecified atom stereocenters. The van der Waals surface area contributed by atoms with Crippen molar-refractivity contribution < 1.29 is 9.53 Å². The standard InChI is InChI=1S/C22H20N4O2S2/c1-25-18-9-5-6-10-20(18)30-21(25)15(13-23)19(27)14-29-22-24-16-7-3-4-8-17(16)26(22)11-12-28-2/h3-10H,11-12,14H2,1-2H3/b21-15+. The Kier molecular flexibility index (Phi) is 6.13. The van der Waals surface area contributed by atoms with Gasteiger partial charge in [-0.05, 0) is 24.3 Å². The molecule has 2 heterocycles. The minimum atomic E-state index is -0.199. The number of anilines is 1. The van der Waals surface area contributed by atoms with E-state index in [4.69, 9.17) is 4.74 Å². The third-order valence-corrected chi connectivity index (χ3v) is 7.03. The molecule has 1 aliphatic heterocycles. The van der Waals surface area contributed by atoms with Gasteiger partial charge < -0.3 is 14.2 Å². The normalized spacial score (nSPS) is 14.6. The number of carbonyl (C=O) groups is 1. The molecule has 0 fully saturated rings. The molecule has 0 amide bonds. The van der Waals surface area contributed by atoms with Crippen LogP contribution in [0.2, 0.25) is 0 Å². The average Bonchev–Trinajstić information content (AvgIpc) is 3.29. The van der Waals surface area contributed by atoms with Crippen molar-refractivity contribution in [3.8, 4) is 6.07 Å². The molecule has 1 aromatic heterocycles. The number of hydrogen-bond donors (Lipinski definition) is 0. The van der Waals surface area contributed by atoms with E-state index in [1.54, 1.807) is 7.11 Å². The predicted molar refractivity (Wildman–Crippen MR) is 121 cm³/mol. The Balaban J connectivity index is 1.57. The van der Waals surface area contributed by atoms with Crippen molar-refractivity contribution in [3.05, 3.63) is 59.1 Å². The van der Waals surface area contributed by atoms with Crippen LogP contribution in [0.5, 0.6) is 0 Å². The lowest BCUT2D eigenvalue weighted by Crippen LogP contribution is -2.16. The van der Waals surface area contributed by atoms with Crippen molar-refractivity contribution in [2.75, 3.05) is 31.4 Å². The van der Waals surface area contributed by atoms with Crippen molar-refractivity contribution >= 4 is 46.0 Å². The first-order valence-corrected chi connectivity index (χ1v) is 11.2. The zero-order chi connectivity index (χ0) is 21.1. The zero-order valence-electron chi connectivity index (χ0n) is 16.7. The molecule has 30 heavy (non-hydrogen) atoms. The van der Waals surface area contributed by atoms with E-state index in [9.17, 15) is 10.1 Å². The number of rotatable bonds is 7. The van der Waals surface area contributed by atoms with Gasteiger partial charge >= 0.3 is 0 Å². The van der Waals surface area contributed by atoms with Gasteiger partial charge in [0.25, 0.3) is 0 Å². The number of aromatic nitrogens is 2. The van der Waals surface area contributed by atoms with Crippen LogP contribution in [0, 0.1) is 11.3 Å². The Morgan fingerprint density at radius 2 is 2.00 bits per heavy atom. The van der Waals surface area contributed by atoms with Gasteiger partial charge in [-0.3, -0.25) is 4.79 Å². The lowest BCUT2D eigenvalue weighted by atomic mass is 10.2. The van der Waals surface area contributed by atoms with Crippen LogP contribution < -0.4 is 4.90 Å². The van der Waals surface area contributed by atoms with E-state index >= 15 is 0 Å². The lowest BCUT2D eigenvalue weighted by molar-refractivity contribution is -0.112. The molecule has 0 aliphatic carbocycles. The molecule has 2 aromatic carbocycles. The van der Waals surface area contributed by atoms with E-state index in [0.29, 0.717) is 18.2 Å². The minimum Gasteiger partial charge on any atom is -0.383 e. The highest BCUT2D eigenvalue weighted by molar-refractivity contribution is 8.03. The average molecular weight is 437 g/mol. The van der Waals surface area contributed by atoms with Gasteiger partial charge in [-0.25, -0.2) is 4.98 Å². The fraction of sp³-hybridized carbons (Fsp3) is 0.227. The number of nitrogens with zero attached hydrogens (tertiary/aromatic N) is 4. The number of para-hydroxylation sites is 3. The summed E-state index contributed by atoms with van der Waals surface area (Å²) in [5.41, 5.74) is 3.08. The van der Waals surface area contributed by atoms with Crippen LogP contribution in [0.4, 0.5) is 5.69 Å². The van der Waals surface area contributed by atoms with Crippen LogP contribution in [0.1, 0.15) is 0 Å². The van der Waals surface area contributed by atoms with E-state index in [1.807, 2.05) is 60.5 Å². The predicted octanol–water partition coefficient (Wildman–Crippen LogP) is 4.32. The number of methoxy groups -OCH3 is 1. The van der Waals surface area contributed by atoms with Crippen molar-refractivity contribution in [3.63, 3.8) is 0 Å². The summed E-state index contributed by atoms with van der Waals surface area (Å²) >= 11 is 2.81. The van der Waals surface area contributed by atoms with Crippen LogP contribution in [-0.4, -0.2) is 41.9 Å². The maximum absolute atomic E-state index is 13.0. The summed E-state index contributed by atoms with van der Waals surface area (Å²) in [4.78, 5) is 20.6. The van der Waals surface area contributed by atoms with E-state index in [-0.39, 0.29) is 17.1 Å². The smallest absolute Gasteiger partial charge is 0.186 e. The van der Waals surface area contributed by atoms with Gasteiger partial charge in [-0.2, -0.15) is 5.26 Å². The monoisotopic (exact) mass is 436 g/mol. The molecule has 0 N–H and O–H groups in total. The summed E-state index contributed by atoms with van der Waals surface area (Å²) in [6.45, 7) is 1.20. The van der Waals surface area contributed by atoms with Crippen LogP contribution in [0.15, 0.2) is 69.2 Å². The SMILES string of the molecule is COCCn1c(SCC(=O)/C(C#N)=C2/Sc3ccccc3N2C)nc2ccccc21. The van der Waals surface area contributed by atoms with Gasteiger partial charge in [0.2, 0.25) is 0 Å². The van der Waals surface area contributed by atoms with Gasteiger partial charge in [-0.15, -0.1) is 0 Å². The molecule has 0 saturated heterocycles. The minimum absolute atomic E-state index is 0.146. The summed E-state index contributed by atoms with van der Waals surface area (Å²) in [6.07, 6.45) is 0. The summed E-state index contributed by atoms with van der Waals surface area (Å²) in [5, 5.41) is 11.1. The lowest BCUT2D eigenvalue weighted by Gasteiger charge is -2.14. The zero-order valence-corrected chi connectivity index (χ0v) is 18.3. The van der Waals surface area contributed by atoms with E-state index in [1.165, 1.54) is 23.5 Å². The Hall–Kier alpha value is -2.73. The van der Waals surface area contributed by atoms with E-state index in [2.05, 4.69) is 15.6 Å². The topological polar surface area (TPSA) is 71.2 Å². The van der Waals surface area contributed by atoms with Crippen LogP contribution in [0.25, 0.3) is 11.0 Å². The van der Waals surface area contributed by atoms with Gasteiger partial charge in [0.1, 0.15) is 16.7 Å². The highest BCUT2D eigenvalue weighted by Gasteiger charge is 2.28. The molecule has 1 aliphatic rings. The van der Waals surface area contributed by atoms with E-state index < -0.39 is 0 Å². The Morgan fingerprint density at radius 1 is 1.23 bits per heavy atom. The summed E-state index contributed by atoms with van der Waals surface area (Å²) in [7, 11) is 3.55. The second kappa shape index (κ2) is 8.96. The first-order valence-electron chi connectivity index (χ1n) is 9.39. The first-order chi connectivity index (χ1) is 14.6. The number of thioether (sulfide) groups is 2. The molecule has 0 atom stereocenters. The number of fused-ring (bicyclic) bond motifs is 2. The van der Waals surface area contributed by atoms with Crippen molar-refractivity contribution in [1.82, 2.24) is 9.55 Å². The van der Waals surface area contributed by atoms with Crippen LogP contribution in [0.3, 0.4) is 0 Å². The van der Waals surface area contributed by atoms with Gasteiger partial charge in [0.05, 0.1) is 29.1 Å². The Morgan fingerprint density at radius 3 is 2.77 bits per heavy atom. The summed E-state index contributed by atoms with van der Waals surface area (Å²) < 4.78 is 7.28. The number of hydrogen-bond acceptors (Lipinski definition) is 7. The highest BCUT2D eigenvalue weighted by atomic mass is 32.2. The Labute approximate surface area is 183 Å². The first kappa shape index (κ1) is 20.5. The van der Waals surface area contributed by atoms with Gasteiger partial charge in [0.15, 0.2) is 10.9 Å². The quantitative estimate of drug-likeness (QED) is 0.310. The molecule has 0 spiro atoms. The van der Waals surface area contributed by atoms with Crippen molar-refractivity contribution in [2.24, 2.45) is 0 Å². The molecular formula is C22H20N4O2S2. The number of ether oxygens (including phenoxy) is 1. The summed E-state index contributed by atoms with van der Waals surface area (Å²) in [6, 6.07) is 17.9.